The summed E-state index contributed by atoms with van der Waals surface area (Å²) >= 11 is 0. The standard InChI is InChI=1S/C16H20N2O3/c1-11-18-14-9-13(7-8-15(14)20-11)21-16(19)17-10-12-5-3-2-4-6-12/h7-9,12H,2-6,10H2,1H3,(H,17,19). The van der Waals surface area contributed by atoms with Crippen LogP contribution in [0.3, 0.4) is 0 Å². The number of aryl methyl sites for hydroxylation is 1. The van der Waals surface area contributed by atoms with Crippen LogP contribution in [0.15, 0.2) is 22.6 Å². The molecule has 1 heterocycles. The van der Waals surface area contributed by atoms with E-state index in [9.17, 15) is 4.79 Å². The van der Waals surface area contributed by atoms with E-state index < -0.39 is 6.09 Å². The van der Waals surface area contributed by atoms with Crippen LogP contribution in [0, 0.1) is 12.8 Å². The molecular formula is C16H20N2O3. The van der Waals surface area contributed by atoms with Crippen molar-refractivity contribution < 1.29 is 13.9 Å². The Morgan fingerprint density at radius 3 is 3.00 bits per heavy atom. The number of carbonyl (C=O) groups excluding carboxylic acids is 1. The second kappa shape index (κ2) is 6.16. The van der Waals surface area contributed by atoms with Crippen LogP contribution in [-0.2, 0) is 0 Å². The molecule has 5 nitrogen and oxygen atoms in total. The molecule has 0 atom stereocenters. The predicted octanol–water partition coefficient (Wildman–Crippen LogP) is 3.80. The van der Waals surface area contributed by atoms with Gasteiger partial charge in [-0.3, -0.25) is 0 Å². The van der Waals surface area contributed by atoms with Gasteiger partial charge in [-0.2, -0.15) is 0 Å². The quantitative estimate of drug-likeness (QED) is 0.932. The molecule has 1 fully saturated rings. The van der Waals surface area contributed by atoms with E-state index in [0.717, 1.165) is 0 Å². The molecule has 1 aromatic carbocycles. The van der Waals surface area contributed by atoms with Crippen molar-refractivity contribution in [2.24, 2.45) is 5.92 Å². The van der Waals surface area contributed by atoms with Gasteiger partial charge in [-0.05, 0) is 30.9 Å². The van der Waals surface area contributed by atoms with Crippen LogP contribution in [0.2, 0.25) is 0 Å². The summed E-state index contributed by atoms with van der Waals surface area (Å²) in [6, 6.07) is 5.19. The Bertz CT molecular complexity index is 629. The second-order valence-corrected chi connectivity index (χ2v) is 5.64. The zero-order valence-corrected chi connectivity index (χ0v) is 12.2. The zero-order chi connectivity index (χ0) is 14.7. The van der Waals surface area contributed by atoms with Crippen molar-refractivity contribution >= 4 is 17.2 Å². The minimum atomic E-state index is -0.403. The molecule has 0 unspecified atom stereocenters. The second-order valence-electron chi connectivity index (χ2n) is 5.64. The number of nitrogens with zero attached hydrogens (tertiary/aromatic N) is 1. The highest BCUT2D eigenvalue weighted by Gasteiger charge is 2.15. The van der Waals surface area contributed by atoms with Crippen LogP contribution in [0.5, 0.6) is 5.75 Å². The molecule has 1 N–H and O–H groups in total. The first-order valence-corrected chi connectivity index (χ1v) is 7.53. The van der Waals surface area contributed by atoms with Crippen molar-refractivity contribution in [2.45, 2.75) is 39.0 Å². The molecule has 1 aromatic heterocycles. The minimum Gasteiger partial charge on any atom is -0.441 e. The van der Waals surface area contributed by atoms with Gasteiger partial charge < -0.3 is 14.5 Å². The van der Waals surface area contributed by atoms with Crippen molar-refractivity contribution in [1.82, 2.24) is 10.3 Å². The average Bonchev–Trinajstić information content (AvgIpc) is 2.85. The van der Waals surface area contributed by atoms with Crippen LogP contribution in [0.25, 0.3) is 11.1 Å². The van der Waals surface area contributed by atoms with E-state index >= 15 is 0 Å². The van der Waals surface area contributed by atoms with Gasteiger partial charge >= 0.3 is 6.09 Å². The molecule has 21 heavy (non-hydrogen) atoms. The lowest BCUT2D eigenvalue weighted by molar-refractivity contribution is 0.196. The Labute approximate surface area is 123 Å². The third-order valence-corrected chi connectivity index (χ3v) is 3.94. The number of fused-ring (bicyclic) bond motifs is 1. The first-order valence-electron chi connectivity index (χ1n) is 7.53. The van der Waals surface area contributed by atoms with Crippen LogP contribution >= 0.6 is 0 Å². The summed E-state index contributed by atoms with van der Waals surface area (Å²) in [5.74, 6) is 1.67. The van der Waals surface area contributed by atoms with Gasteiger partial charge in [0.25, 0.3) is 0 Å². The van der Waals surface area contributed by atoms with E-state index in [4.69, 9.17) is 9.15 Å². The van der Waals surface area contributed by atoms with Crippen molar-refractivity contribution in [1.29, 1.82) is 0 Å². The first kappa shape index (κ1) is 13.9. The number of carbonyl (C=O) groups is 1. The van der Waals surface area contributed by atoms with Gasteiger partial charge in [0.1, 0.15) is 11.3 Å². The summed E-state index contributed by atoms with van der Waals surface area (Å²) in [6.07, 6.45) is 5.85. The van der Waals surface area contributed by atoms with E-state index in [1.54, 1.807) is 25.1 Å². The number of oxazole rings is 1. The lowest BCUT2D eigenvalue weighted by Crippen LogP contribution is -2.32. The summed E-state index contributed by atoms with van der Waals surface area (Å²) in [6.45, 7) is 2.49. The van der Waals surface area contributed by atoms with Crippen molar-refractivity contribution in [3.63, 3.8) is 0 Å². The highest BCUT2D eigenvalue weighted by Crippen LogP contribution is 2.23. The number of rotatable bonds is 3. The third kappa shape index (κ3) is 3.54. The van der Waals surface area contributed by atoms with E-state index in [0.29, 0.717) is 35.2 Å². The molecule has 3 rings (SSSR count). The number of amides is 1. The SMILES string of the molecule is Cc1nc2cc(OC(=O)NCC3CCCCC3)ccc2o1. The summed E-state index contributed by atoms with van der Waals surface area (Å²) in [5, 5.41) is 2.85. The van der Waals surface area contributed by atoms with Crippen molar-refractivity contribution in [3.8, 4) is 5.75 Å². The Morgan fingerprint density at radius 1 is 1.38 bits per heavy atom. The van der Waals surface area contributed by atoms with Crippen LogP contribution in [-0.4, -0.2) is 17.6 Å². The fourth-order valence-electron chi connectivity index (χ4n) is 2.85. The molecule has 1 aliphatic rings. The average molecular weight is 288 g/mol. The Morgan fingerprint density at radius 2 is 2.19 bits per heavy atom. The Balaban J connectivity index is 1.55. The molecule has 0 radical (unpaired) electrons. The summed E-state index contributed by atoms with van der Waals surface area (Å²) in [7, 11) is 0. The molecule has 1 saturated carbocycles. The van der Waals surface area contributed by atoms with Crippen molar-refractivity contribution in [3.05, 3.63) is 24.1 Å². The van der Waals surface area contributed by atoms with Crippen molar-refractivity contribution in [2.75, 3.05) is 6.54 Å². The number of aromatic nitrogens is 1. The molecule has 2 aromatic rings. The summed E-state index contributed by atoms with van der Waals surface area (Å²) in [5.41, 5.74) is 1.40. The lowest BCUT2D eigenvalue weighted by Gasteiger charge is -2.21. The van der Waals surface area contributed by atoms with Gasteiger partial charge in [0.05, 0.1) is 0 Å². The van der Waals surface area contributed by atoms with Crippen LogP contribution in [0.1, 0.15) is 38.0 Å². The van der Waals surface area contributed by atoms with Gasteiger partial charge in [-0.25, -0.2) is 9.78 Å². The fourth-order valence-corrected chi connectivity index (χ4v) is 2.85. The van der Waals surface area contributed by atoms with E-state index in [1.165, 1.54) is 32.1 Å². The maximum absolute atomic E-state index is 11.8. The monoisotopic (exact) mass is 288 g/mol. The van der Waals surface area contributed by atoms with Gasteiger partial charge in [0, 0.05) is 19.5 Å². The van der Waals surface area contributed by atoms with E-state index in [1.807, 2.05) is 0 Å². The predicted molar refractivity (Wildman–Crippen MR) is 79.3 cm³/mol. The summed E-state index contributed by atoms with van der Waals surface area (Å²) in [4.78, 5) is 16.0. The van der Waals surface area contributed by atoms with Crippen LogP contribution < -0.4 is 10.1 Å². The van der Waals surface area contributed by atoms with Gasteiger partial charge in [0.2, 0.25) is 0 Å². The third-order valence-electron chi connectivity index (χ3n) is 3.94. The molecule has 1 amide bonds. The van der Waals surface area contributed by atoms with E-state index in [-0.39, 0.29) is 0 Å². The maximum atomic E-state index is 11.8. The molecule has 0 saturated heterocycles. The number of hydrogen-bond acceptors (Lipinski definition) is 4. The van der Waals surface area contributed by atoms with Gasteiger partial charge in [-0.1, -0.05) is 19.3 Å². The van der Waals surface area contributed by atoms with E-state index in [2.05, 4.69) is 10.3 Å². The smallest absolute Gasteiger partial charge is 0.412 e. The normalized spacial score (nSPS) is 16.0. The van der Waals surface area contributed by atoms with Crippen LogP contribution in [0.4, 0.5) is 4.79 Å². The Hall–Kier alpha value is -2.04. The molecule has 5 heteroatoms. The summed E-state index contributed by atoms with van der Waals surface area (Å²) < 4.78 is 10.7. The molecule has 0 spiro atoms. The Kier molecular flexibility index (Phi) is 4.08. The van der Waals surface area contributed by atoms with Gasteiger partial charge in [0.15, 0.2) is 11.5 Å². The lowest BCUT2D eigenvalue weighted by atomic mass is 9.89. The first-order chi connectivity index (χ1) is 10.2. The molecule has 112 valence electrons. The number of hydrogen-bond donors (Lipinski definition) is 1. The highest BCUT2D eigenvalue weighted by molar-refractivity contribution is 5.77. The molecule has 1 aliphatic carbocycles. The molecular weight excluding hydrogens is 268 g/mol. The largest absolute Gasteiger partial charge is 0.441 e. The fraction of sp³-hybridized carbons (Fsp3) is 0.500. The number of nitrogens with one attached hydrogen (secondary N) is 1. The minimum absolute atomic E-state index is 0.403. The highest BCUT2D eigenvalue weighted by atomic mass is 16.6. The number of ether oxygens (including phenoxy) is 1. The zero-order valence-electron chi connectivity index (χ0n) is 12.2. The van der Waals surface area contributed by atoms with Gasteiger partial charge in [-0.15, -0.1) is 0 Å². The molecule has 0 bridgehead atoms. The number of benzene rings is 1. The maximum Gasteiger partial charge on any atom is 0.412 e. The topological polar surface area (TPSA) is 64.4 Å². The molecule has 0 aliphatic heterocycles.